The molecule has 25 heavy (non-hydrogen) atoms. The molecule has 0 fully saturated rings. The highest BCUT2D eigenvalue weighted by atomic mass is 19.1. The monoisotopic (exact) mass is 331 g/mol. The fourth-order valence-corrected chi connectivity index (χ4v) is 2.83. The van der Waals surface area contributed by atoms with Crippen LogP contribution >= 0.6 is 0 Å². The fraction of sp³-hybridized carbons (Fsp3) is 0.143. The van der Waals surface area contributed by atoms with Crippen molar-refractivity contribution in [3.8, 4) is 28.5 Å². The first-order chi connectivity index (χ1) is 12.1. The summed E-state index contributed by atoms with van der Waals surface area (Å²) in [6, 6.07) is 18.5. The molecular weight excluding hydrogens is 313 g/mol. The van der Waals surface area contributed by atoms with E-state index in [4.69, 9.17) is 5.26 Å². The summed E-state index contributed by atoms with van der Waals surface area (Å²) in [6.45, 7) is 2.66. The summed E-state index contributed by atoms with van der Waals surface area (Å²) in [5.74, 6) is -0.512. The van der Waals surface area contributed by atoms with E-state index in [1.165, 1.54) is 12.1 Å². The molecule has 0 atom stereocenters. The van der Waals surface area contributed by atoms with Crippen LogP contribution in [-0.4, -0.2) is 12.0 Å². The molecule has 0 aliphatic rings. The van der Waals surface area contributed by atoms with E-state index in [0.29, 0.717) is 6.54 Å². The molecule has 3 nitrogen and oxygen atoms in total. The van der Waals surface area contributed by atoms with Crippen molar-refractivity contribution in [3.63, 3.8) is 0 Å². The summed E-state index contributed by atoms with van der Waals surface area (Å²) in [4.78, 5) is 4.60. The van der Waals surface area contributed by atoms with E-state index in [2.05, 4.69) is 10.3 Å². The second-order valence-electron chi connectivity index (χ2n) is 5.88. The van der Waals surface area contributed by atoms with Gasteiger partial charge in [0.25, 0.3) is 0 Å². The van der Waals surface area contributed by atoms with Gasteiger partial charge in [-0.15, -0.1) is 0 Å². The largest absolute Gasteiger partial charge is 0.316 e. The molecular formula is C21H18FN3. The van der Waals surface area contributed by atoms with Crippen molar-refractivity contribution >= 4 is 0 Å². The number of aromatic nitrogens is 1. The van der Waals surface area contributed by atoms with E-state index in [1.54, 1.807) is 6.07 Å². The van der Waals surface area contributed by atoms with Crippen molar-refractivity contribution in [2.45, 2.75) is 13.5 Å². The number of pyridine rings is 1. The van der Waals surface area contributed by atoms with Crippen LogP contribution in [0.2, 0.25) is 0 Å². The average molecular weight is 331 g/mol. The molecule has 0 unspecified atom stereocenters. The van der Waals surface area contributed by atoms with Crippen molar-refractivity contribution in [1.82, 2.24) is 10.3 Å². The number of nitrogens with zero attached hydrogens (tertiary/aromatic N) is 2. The number of benzene rings is 2. The van der Waals surface area contributed by atoms with Gasteiger partial charge < -0.3 is 5.32 Å². The van der Waals surface area contributed by atoms with Gasteiger partial charge in [-0.2, -0.15) is 5.26 Å². The van der Waals surface area contributed by atoms with Gasteiger partial charge in [0.05, 0.1) is 11.3 Å². The highest BCUT2D eigenvalue weighted by Gasteiger charge is 2.12. The minimum atomic E-state index is -0.512. The molecule has 4 heteroatoms. The second kappa shape index (κ2) is 7.25. The van der Waals surface area contributed by atoms with Gasteiger partial charge in [-0.1, -0.05) is 24.3 Å². The zero-order valence-corrected chi connectivity index (χ0v) is 14.2. The number of hydrogen-bond donors (Lipinski definition) is 1. The smallest absolute Gasteiger partial charge is 0.141 e. The maximum atomic E-state index is 14.1. The molecule has 1 heterocycles. The van der Waals surface area contributed by atoms with Crippen molar-refractivity contribution in [2.75, 3.05) is 7.05 Å². The lowest BCUT2D eigenvalue weighted by atomic mass is 9.94. The number of halogens is 1. The average Bonchev–Trinajstić information content (AvgIpc) is 2.62. The van der Waals surface area contributed by atoms with Crippen LogP contribution in [-0.2, 0) is 6.54 Å². The zero-order chi connectivity index (χ0) is 17.8. The Morgan fingerprint density at radius 3 is 2.60 bits per heavy atom. The van der Waals surface area contributed by atoms with Crippen LogP contribution in [0.5, 0.6) is 0 Å². The summed E-state index contributed by atoms with van der Waals surface area (Å²) in [5, 5.41) is 12.1. The minimum Gasteiger partial charge on any atom is -0.316 e. The Morgan fingerprint density at radius 2 is 1.92 bits per heavy atom. The maximum absolute atomic E-state index is 14.1. The van der Waals surface area contributed by atoms with Crippen LogP contribution in [0.1, 0.15) is 16.8 Å². The Morgan fingerprint density at radius 1 is 1.08 bits per heavy atom. The maximum Gasteiger partial charge on any atom is 0.141 e. The summed E-state index contributed by atoms with van der Waals surface area (Å²) in [7, 11) is 1.89. The lowest BCUT2D eigenvalue weighted by molar-refractivity contribution is 0.624. The van der Waals surface area contributed by atoms with Crippen LogP contribution in [0.3, 0.4) is 0 Å². The van der Waals surface area contributed by atoms with Gasteiger partial charge in [0, 0.05) is 17.8 Å². The number of rotatable bonds is 4. The second-order valence-corrected chi connectivity index (χ2v) is 5.88. The van der Waals surface area contributed by atoms with Gasteiger partial charge in [-0.3, -0.25) is 4.98 Å². The minimum absolute atomic E-state index is 0.0466. The van der Waals surface area contributed by atoms with Crippen LogP contribution in [0.4, 0.5) is 4.39 Å². The van der Waals surface area contributed by atoms with Crippen molar-refractivity contribution in [3.05, 3.63) is 77.2 Å². The lowest BCUT2D eigenvalue weighted by Crippen LogP contribution is -2.05. The predicted octanol–water partition coefficient (Wildman–Crippen LogP) is 4.45. The summed E-state index contributed by atoms with van der Waals surface area (Å²) in [5.41, 5.74) is 5.48. The highest BCUT2D eigenvalue weighted by Crippen LogP contribution is 2.33. The number of nitrogens with one attached hydrogen (secondary N) is 1. The third-order valence-electron chi connectivity index (χ3n) is 4.03. The Balaban J connectivity index is 2.20. The molecule has 1 N–H and O–H groups in total. The van der Waals surface area contributed by atoms with Crippen molar-refractivity contribution < 1.29 is 4.39 Å². The zero-order valence-electron chi connectivity index (χ0n) is 14.2. The van der Waals surface area contributed by atoms with E-state index >= 15 is 0 Å². The Kier molecular flexibility index (Phi) is 4.87. The molecule has 3 rings (SSSR count). The molecule has 2 aromatic carbocycles. The molecule has 0 aliphatic heterocycles. The highest BCUT2D eigenvalue weighted by molar-refractivity contribution is 5.82. The quantitative estimate of drug-likeness (QED) is 0.768. The van der Waals surface area contributed by atoms with Gasteiger partial charge in [-0.05, 0) is 61.0 Å². The van der Waals surface area contributed by atoms with Gasteiger partial charge in [-0.25, -0.2) is 4.39 Å². The SMILES string of the molecule is CNCc1ccc(-c2cccc(C)n2)c(-c2ccc(C#N)c(F)c2)c1. The van der Waals surface area contributed by atoms with Gasteiger partial charge >= 0.3 is 0 Å². The van der Waals surface area contributed by atoms with Crippen LogP contribution < -0.4 is 5.32 Å². The van der Waals surface area contributed by atoms with E-state index in [0.717, 1.165) is 33.6 Å². The topological polar surface area (TPSA) is 48.7 Å². The molecule has 0 aliphatic carbocycles. The molecule has 0 spiro atoms. The fourth-order valence-electron chi connectivity index (χ4n) is 2.83. The standard InChI is InChI=1S/C21H18FN3/c1-14-4-3-5-21(25-14)18-9-6-15(13-24-2)10-19(18)16-7-8-17(12-23)20(22)11-16/h3-11,24H,13H2,1-2H3. The first-order valence-electron chi connectivity index (χ1n) is 8.04. The van der Waals surface area contributed by atoms with Crippen LogP contribution in [0.25, 0.3) is 22.4 Å². The molecule has 124 valence electrons. The van der Waals surface area contributed by atoms with Gasteiger partial charge in [0.1, 0.15) is 11.9 Å². The molecule has 0 saturated heterocycles. The summed E-state index contributed by atoms with van der Waals surface area (Å²) in [6.07, 6.45) is 0. The van der Waals surface area contributed by atoms with Crippen molar-refractivity contribution in [1.29, 1.82) is 5.26 Å². The van der Waals surface area contributed by atoms with Crippen LogP contribution in [0.15, 0.2) is 54.6 Å². The third-order valence-corrected chi connectivity index (χ3v) is 4.03. The Bertz CT molecular complexity index is 958. The predicted molar refractivity (Wildman–Crippen MR) is 97.3 cm³/mol. The molecule has 0 saturated carbocycles. The number of hydrogen-bond acceptors (Lipinski definition) is 3. The van der Waals surface area contributed by atoms with Gasteiger partial charge in [0.15, 0.2) is 0 Å². The van der Waals surface area contributed by atoms with E-state index < -0.39 is 5.82 Å². The van der Waals surface area contributed by atoms with E-state index in [9.17, 15) is 4.39 Å². The summed E-state index contributed by atoms with van der Waals surface area (Å²) < 4.78 is 14.1. The van der Waals surface area contributed by atoms with E-state index in [-0.39, 0.29) is 5.56 Å². The molecule has 1 aromatic heterocycles. The Hall–Kier alpha value is -3.03. The van der Waals surface area contributed by atoms with Crippen LogP contribution in [0, 0.1) is 24.1 Å². The first-order valence-corrected chi connectivity index (χ1v) is 8.04. The molecule has 0 amide bonds. The number of aryl methyl sites for hydroxylation is 1. The van der Waals surface area contributed by atoms with Crippen molar-refractivity contribution in [2.24, 2.45) is 0 Å². The number of nitriles is 1. The third kappa shape index (κ3) is 3.57. The van der Waals surface area contributed by atoms with E-state index in [1.807, 2.05) is 56.4 Å². The normalized spacial score (nSPS) is 10.5. The van der Waals surface area contributed by atoms with Gasteiger partial charge in [0.2, 0.25) is 0 Å². The molecule has 0 radical (unpaired) electrons. The lowest BCUT2D eigenvalue weighted by Gasteiger charge is -2.13. The summed E-state index contributed by atoms with van der Waals surface area (Å²) >= 11 is 0. The first kappa shape index (κ1) is 16.8. The molecule has 3 aromatic rings. The molecule has 0 bridgehead atoms. The Labute approximate surface area is 146 Å².